The summed E-state index contributed by atoms with van der Waals surface area (Å²) in [5.41, 5.74) is -0.115. The zero-order valence-corrected chi connectivity index (χ0v) is 9.52. The van der Waals surface area contributed by atoms with E-state index in [1.54, 1.807) is 12.1 Å². The van der Waals surface area contributed by atoms with Gasteiger partial charge in [-0.3, -0.25) is 10.1 Å². The molecule has 0 saturated carbocycles. The number of halogens is 1. The van der Waals surface area contributed by atoms with E-state index in [0.717, 1.165) is 6.07 Å². The van der Waals surface area contributed by atoms with E-state index >= 15 is 0 Å². The van der Waals surface area contributed by atoms with E-state index < -0.39 is 16.4 Å². The highest BCUT2D eigenvalue weighted by molar-refractivity contribution is 6.17. The van der Waals surface area contributed by atoms with Gasteiger partial charge in [-0.1, -0.05) is 12.2 Å². The Balaban J connectivity index is 3.25. The molecule has 5 nitrogen and oxygen atoms in total. The van der Waals surface area contributed by atoms with E-state index in [9.17, 15) is 15.2 Å². The summed E-state index contributed by atoms with van der Waals surface area (Å²) in [6, 6.07) is 4.22. The number of phenols is 1. The van der Waals surface area contributed by atoms with E-state index in [1.165, 1.54) is 12.1 Å². The van der Waals surface area contributed by atoms with Crippen molar-refractivity contribution in [3.8, 4) is 11.8 Å². The normalized spacial score (nSPS) is 10.4. The zero-order chi connectivity index (χ0) is 12.8. The molecule has 0 aromatic heterocycles. The van der Waals surface area contributed by atoms with Crippen molar-refractivity contribution in [3.05, 3.63) is 39.4 Å². The van der Waals surface area contributed by atoms with Crippen LogP contribution in [0.5, 0.6) is 5.75 Å². The zero-order valence-electron chi connectivity index (χ0n) is 8.76. The summed E-state index contributed by atoms with van der Waals surface area (Å²) in [7, 11) is 0. The maximum Gasteiger partial charge on any atom is 0.312 e. The van der Waals surface area contributed by atoms with Gasteiger partial charge >= 0.3 is 5.69 Å². The summed E-state index contributed by atoms with van der Waals surface area (Å²) in [5, 5.41) is 29.0. The highest BCUT2D eigenvalue weighted by Crippen LogP contribution is 2.32. The lowest BCUT2D eigenvalue weighted by Crippen LogP contribution is -1.92. The minimum atomic E-state index is -0.727. The van der Waals surface area contributed by atoms with Crippen LogP contribution in [0.15, 0.2) is 18.2 Å². The number of nitro benzene ring substituents is 1. The standard InChI is InChI=1S/C11H9ClN2O3/c12-4-2-1-3-9-5-8(7-13)6-10(11(9)15)14(16)17/h1,3,5-6,15H,2,4H2. The van der Waals surface area contributed by atoms with Gasteiger partial charge < -0.3 is 5.11 Å². The number of nitrogens with zero attached hydrogens (tertiary/aromatic N) is 2. The van der Waals surface area contributed by atoms with Crippen LogP contribution in [-0.2, 0) is 0 Å². The van der Waals surface area contributed by atoms with Gasteiger partial charge in [-0.25, -0.2) is 0 Å². The van der Waals surface area contributed by atoms with Crippen molar-refractivity contribution in [2.24, 2.45) is 0 Å². The Morgan fingerprint density at radius 1 is 1.59 bits per heavy atom. The number of alkyl halides is 1. The second-order valence-corrected chi connectivity index (χ2v) is 3.56. The number of aromatic hydroxyl groups is 1. The molecule has 1 aromatic carbocycles. The molecule has 0 amide bonds. The van der Waals surface area contributed by atoms with E-state index in [-0.39, 0.29) is 11.1 Å². The van der Waals surface area contributed by atoms with Crippen molar-refractivity contribution >= 4 is 23.4 Å². The van der Waals surface area contributed by atoms with Crippen LogP contribution in [0, 0.1) is 21.4 Å². The number of rotatable bonds is 4. The maximum atomic E-state index is 10.7. The summed E-state index contributed by atoms with van der Waals surface area (Å²) in [6.07, 6.45) is 3.75. The summed E-state index contributed by atoms with van der Waals surface area (Å²) in [4.78, 5) is 9.94. The van der Waals surface area contributed by atoms with Gasteiger partial charge in [0.1, 0.15) is 0 Å². The van der Waals surface area contributed by atoms with E-state index in [0.29, 0.717) is 12.3 Å². The Hall–Kier alpha value is -2.06. The van der Waals surface area contributed by atoms with Crippen molar-refractivity contribution in [2.45, 2.75) is 6.42 Å². The van der Waals surface area contributed by atoms with Crippen LogP contribution >= 0.6 is 11.6 Å². The molecule has 0 unspecified atom stereocenters. The summed E-state index contributed by atoms with van der Waals surface area (Å²) >= 11 is 5.47. The lowest BCUT2D eigenvalue weighted by atomic mass is 10.1. The van der Waals surface area contributed by atoms with Crippen molar-refractivity contribution in [1.29, 1.82) is 5.26 Å². The lowest BCUT2D eigenvalue weighted by Gasteiger charge is -2.01. The van der Waals surface area contributed by atoms with E-state index in [2.05, 4.69) is 0 Å². The molecule has 17 heavy (non-hydrogen) atoms. The smallest absolute Gasteiger partial charge is 0.312 e. The highest BCUT2D eigenvalue weighted by atomic mass is 35.5. The Kier molecular flexibility index (Phi) is 4.49. The molecule has 0 bridgehead atoms. The molecule has 0 heterocycles. The first-order chi connectivity index (χ1) is 8.10. The third kappa shape index (κ3) is 3.20. The highest BCUT2D eigenvalue weighted by Gasteiger charge is 2.17. The average molecular weight is 253 g/mol. The van der Waals surface area contributed by atoms with Crippen LogP contribution in [0.4, 0.5) is 5.69 Å². The molecular formula is C11H9ClN2O3. The summed E-state index contributed by atoms with van der Waals surface area (Å²) in [5.74, 6) is -0.0306. The molecule has 88 valence electrons. The number of phenolic OH excluding ortho intramolecular Hbond substituents is 1. The molecule has 0 radical (unpaired) electrons. The Bertz CT molecular complexity index is 506. The molecule has 0 spiro atoms. The van der Waals surface area contributed by atoms with Gasteiger partial charge in [0.05, 0.1) is 16.6 Å². The molecule has 0 saturated heterocycles. The molecule has 1 N–H and O–H groups in total. The van der Waals surface area contributed by atoms with Crippen molar-refractivity contribution in [3.63, 3.8) is 0 Å². The Labute approximate surface area is 103 Å². The minimum Gasteiger partial charge on any atom is -0.502 e. The second-order valence-electron chi connectivity index (χ2n) is 3.18. The molecular weight excluding hydrogens is 244 g/mol. The van der Waals surface area contributed by atoms with Crippen molar-refractivity contribution < 1.29 is 10.0 Å². The van der Waals surface area contributed by atoms with Crippen molar-refractivity contribution in [2.75, 3.05) is 5.88 Å². The van der Waals surface area contributed by atoms with E-state index in [4.69, 9.17) is 16.9 Å². The lowest BCUT2D eigenvalue weighted by molar-refractivity contribution is -0.385. The second kappa shape index (κ2) is 5.87. The van der Waals surface area contributed by atoms with Crippen LogP contribution in [0.2, 0.25) is 0 Å². The van der Waals surface area contributed by atoms with Gasteiger partial charge in [0.2, 0.25) is 5.75 Å². The number of nitro groups is 1. The Morgan fingerprint density at radius 2 is 2.29 bits per heavy atom. The largest absolute Gasteiger partial charge is 0.502 e. The average Bonchev–Trinajstić information content (AvgIpc) is 2.31. The van der Waals surface area contributed by atoms with Crippen LogP contribution < -0.4 is 0 Å². The number of hydrogen-bond acceptors (Lipinski definition) is 4. The van der Waals surface area contributed by atoms with Crippen LogP contribution in [0.25, 0.3) is 6.08 Å². The van der Waals surface area contributed by atoms with Gasteiger partial charge in [0.15, 0.2) is 0 Å². The molecule has 6 heteroatoms. The fourth-order valence-electron chi connectivity index (χ4n) is 1.25. The predicted molar refractivity (Wildman–Crippen MR) is 63.8 cm³/mol. The first-order valence-corrected chi connectivity index (χ1v) is 5.27. The number of nitriles is 1. The quantitative estimate of drug-likeness (QED) is 0.507. The number of benzene rings is 1. The van der Waals surface area contributed by atoms with Crippen LogP contribution in [-0.4, -0.2) is 15.9 Å². The number of hydrogen-bond donors (Lipinski definition) is 1. The van der Waals surface area contributed by atoms with Gasteiger partial charge in [-0.05, 0) is 12.5 Å². The fourth-order valence-corrected chi connectivity index (χ4v) is 1.37. The molecule has 0 fully saturated rings. The Morgan fingerprint density at radius 3 is 2.82 bits per heavy atom. The van der Waals surface area contributed by atoms with Gasteiger partial charge in [-0.15, -0.1) is 11.6 Å². The molecule has 0 aliphatic carbocycles. The first-order valence-electron chi connectivity index (χ1n) is 4.74. The maximum absolute atomic E-state index is 10.7. The number of allylic oxidation sites excluding steroid dienone is 1. The van der Waals surface area contributed by atoms with Crippen LogP contribution in [0.1, 0.15) is 17.5 Å². The van der Waals surface area contributed by atoms with Gasteiger partial charge in [0, 0.05) is 17.5 Å². The van der Waals surface area contributed by atoms with Gasteiger partial charge in [-0.2, -0.15) is 5.26 Å². The summed E-state index contributed by atoms with van der Waals surface area (Å²) < 4.78 is 0. The molecule has 0 aliphatic heterocycles. The van der Waals surface area contributed by atoms with Gasteiger partial charge in [0.25, 0.3) is 0 Å². The molecule has 1 rings (SSSR count). The van der Waals surface area contributed by atoms with E-state index in [1.807, 2.05) is 0 Å². The summed E-state index contributed by atoms with van der Waals surface area (Å²) in [6.45, 7) is 0. The monoisotopic (exact) mass is 252 g/mol. The SMILES string of the molecule is N#Cc1cc(C=CCCCl)c(O)c([N+](=O)[O-])c1. The minimum absolute atomic E-state index is 0.125. The predicted octanol–water partition coefficient (Wildman–Crippen LogP) is 2.81. The van der Waals surface area contributed by atoms with Crippen molar-refractivity contribution in [1.82, 2.24) is 0 Å². The molecule has 0 aliphatic rings. The van der Waals surface area contributed by atoms with Crippen LogP contribution in [0.3, 0.4) is 0 Å². The fraction of sp³-hybridized carbons (Fsp3) is 0.182. The topological polar surface area (TPSA) is 87.2 Å². The molecule has 1 aromatic rings. The first kappa shape index (κ1) is 13.0. The third-order valence-corrected chi connectivity index (χ3v) is 2.24. The third-order valence-electron chi connectivity index (χ3n) is 2.02. The molecule has 0 atom stereocenters.